The van der Waals surface area contributed by atoms with E-state index in [0.29, 0.717) is 22.9 Å². The molecule has 176 valence electrons. The summed E-state index contributed by atoms with van der Waals surface area (Å²) in [6, 6.07) is 5.28. The molecule has 3 saturated carbocycles. The molecule has 0 aromatic heterocycles. The summed E-state index contributed by atoms with van der Waals surface area (Å²) < 4.78 is 12.7. The number of hydrogen-bond donors (Lipinski definition) is 0. The summed E-state index contributed by atoms with van der Waals surface area (Å²) >= 11 is 19.5. The number of fused-ring (bicyclic) bond motifs is 5. The van der Waals surface area contributed by atoms with Crippen LogP contribution in [0.2, 0.25) is 10.0 Å². The molecule has 1 aromatic carbocycles. The Morgan fingerprint density at radius 3 is 2.61 bits per heavy atom. The van der Waals surface area contributed by atoms with Crippen LogP contribution in [-0.4, -0.2) is 20.0 Å². The molecule has 0 heterocycles. The van der Waals surface area contributed by atoms with Gasteiger partial charge in [0.15, 0.2) is 5.78 Å². The van der Waals surface area contributed by atoms with Gasteiger partial charge in [-0.05, 0) is 67.4 Å². The second kappa shape index (κ2) is 8.05. The van der Waals surface area contributed by atoms with E-state index in [0.717, 1.165) is 30.4 Å². The molecule has 0 radical (unpaired) electrons. The zero-order chi connectivity index (χ0) is 23.8. The Morgan fingerprint density at radius 1 is 1.12 bits per heavy atom. The summed E-state index contributed by atoms with van der Waals surface area (Å²) in [5.41, 5.74) is 0.949. The molecule has 0 spiro atoms. The smallest absolute Gasteiger partial charge is 0.178 e. The minimum absolute atomic E-state index is 0.00682. The van der Waals surface area contributed by atoms with E-state index in [1.54, 1.807) is 24.3 Å². The monoisotopic (exact) mass is 524 g/mol. The first-order chi connectivity index (χ1) is 15.5. The van der Waals surface area contributed by atoms with E-state index in [-0.39, 0.29) is 35.1 Å². The first-order valence-corrected chi connectivity index (χ1v) is 13.9. The summed E-state index contributed by atoms with van der Waals surface area (Å²) in [7, 11) is -1.39. The molecule has 0 bridgehead atoms. The van der Waals surface area contributed by atoms with E-state index in [9.17, 15) is 13.8 Å². The first-order valence-electron chi connectivity index (χ1n) is 11.5. The molecule has 3 nitrogen and oxygen atoms in total. The normalized spacial score (nSPS) is 40.6. The molecule has 0 amide bonds. The Hall–Kier alpha value is -0.940. The topological polar surface area (TPSA) is 51.2 Å². The van der Waals surface area contributed by atoms with Gasteiger partial charge in [-0.1, -0.05) is 54.8 Å². The van der Waals surface area contributed by atoms with Crippen LogP contribution in [-0.2, 0) is 26.1 Å². The molecule has 7 heteroatoms. The van der Waals surface area contributed by atoms with Crippen LogP contribution in [0, 0.1) is 28.6 Å². The number of ketones is 2. The third kappa shape index (κ3) is 3.46. The van der Waals surface area contributed by atoms with Crippen molar-refractivity contribution in [1.29, 1.82) is 0 Å². The van der Waals surface area contributed by atoms with E-state index in [1.807, 2.05) is 12.1 Å². The summed E-state index contributed by atoms with van der Waals surface area (Å²) in [4.78, 5) is 25.7. The van der Waals surface area contributed by atoms with Crippen molar-refractivity contribution in [2.24, 2.45) is 28.6 Å². The van der Waals surface area contributed by atoms with Crippen LogP contribution < -0.4 is 0 Å². The Labute approximate surface area is 212 Å². The molecule has 7 atom stereocenters. The van der Waals surface area contributed by atoms with E-state index in [4.69, 9.17) is 34.8 Å². The SMILES string of the molecule is C[C@]12C=CC(=O)C=C1CC[C@@H]1[C@@H]2C(=O)C[C@@]2(C)[C@H]1CC[C@]2(Cl)[S@](=O)Cc1ccc(Cl)c(Cl)c1. The molecule has 5 rings (SSSR count). The predicted octanol–water partition coefficient (Wildman–Crippen LogP) is 6.66. The standard InChI is InChI=1S/C26H27Cl3O3S/c1-24-9-7-17(30)12-16(24)4-5-18-19-8-10-26(29,25(19,2)13-22(31)23(18)24)33(32)14-15-3-6-20(27)21(28)11-15/h3,6-7,9,11-12,18-19,23H,4-5,8,10,13-14H2,1-2H3/t18-,19-,23+,24-,25-,26-,33+/m0/s1. The van der Waals surface area contributed by atoms with E-state index in [1.165, 1.54) is 0 Å². The number of alkyl halides is 1. The van der Waals surface area contributed by atoms with E-state index in [2.05, 4.69) is 13.8 Å². The second-order valence-corrected chi connectivity index (χ2v) is 13.9. The number of rotatable bonds is 3. The first kappa shape index (κ1) is 23.8. The Balaban J connectivity index is 1.46. The Kier molecular flexibility index (Phi) is 5.80. The maximum atomic E-state index is 13.7. The minimum Gasteiger partial charge on any atom is -0.299 e. The van der Waals surface area contributed by atoms with Gasteiger partial charge < -0.3 is 0 Å². The summed E-state index contributed by atoms with van der Waals surface area (Å²) in [6.07, 6.45) is 8.77. The van der Waals surface area contributed by atoms with Crippen LogP contribution in [0.4, 0.5) is 0 Å². The number of Topliss-reactive ketones (excluding diaryl/α,β-unsaturated/α-hetero) is 1. The molecular formula is C26H27Cl3O3S. The number of allylic oxidation sites excluding steroid dienone is 4. The van der Waals surface area contributed by atoms with Gasteiger partial charge in [0.1, 0.15) is 9.99 Å². The van der Waals surface area contributed by atoms with Crippen LogP contribution in [0.1, 0.15) is 51.5 Å². The highest BCUT2D eigenvalue weighted by atomic mass is 35.5. The largest absolute Gasteiger partial charge is 0.299 e. The Bertz CT molecular complexity index is 1140. The lowest BCUT2D eigenvalue weighted by molar-refractivity contribution is -0.141. The molecular weight excluding hydrogens is 499 g/mol. The van der Waals surface area contributed by atoms with Gasteiger partial charge in [0.2, 0.25) is 0 Å². The van der Waals surface area contributed by atoms with E-state index < -0.39 is 25.8 Å². The summed E-state index contributed by atoms with van der Waals surface area (Å²) in [5, 5.41) is 0.889. The zero-order valence-electron chi connectivity index (χ0n) is 18.7. The molecule has 0 saturated heterocycles. The van der Waals surface area contributed by atoms with Gasteiger partial charge in [-0.25, -0.2) is 0 Å². The van der Waals surface area contributed by atoms with Gasteiger partial charge in [-0.3, -0.25) is 13.8 Å². The molecule has 3 fully saturated rings. The second-order valence-electron chi connectivity index (χ2n) is 10.5. The highest BCUT2D eigenvalue weighted by Gasteiger charge is 2.67. The number of benzene rings is 1. The van der Waals surface area contributed by atoms with Crippen LogP contribution in [0.15, 0.2) is 42.0 Å². The molecule has 33 heavy (non-hydrogen) atoms. The lowest BCUT2D eigenvalue weighted by Crippen LogP contribution is -2.57. The predicted molar refractivity (Wildman–Crippen MR) is 134 cm³/mol. The molecule has 0 N–H and O–H groups in total. The lowest BCUT2D eigenvalue weighted by atomic mass is 9.48. The molecule has 4 aliphatic carbocycles. The zero-order valence-corrected chi connectivity index (χ0v) is 21.8. The van der Waals surface area contributed by atoms with Gasteiger partial charge in [-0.15, -0.1) is 11.6 Å². The van der Waals surface area contributed by atoms with Crippen molar-refractivity contribution in [2.45, 2.75) is 55.9 Å². The molecule has 0 unspecified atom stereocenters. The maximum Gasteiger partial charge on any atom is 0.178 e. The number of carbonyl (C=O) groups excluding carboxylic acids is 2. The van der Waals surface area contributed by atoms with Crippen molar-refractivity contribution in [3.8, 4) is 0 Å². The number of hydrogen-bond acceptors (Lipinski definition) is 3. The van der Waals surface area contributed by atoms with Crippen molar-refractivity contribution < 1.29 is 13.8 Å². The highest BCUT2D eigenvalue weighted by Crippen LogP contribution is 2.68. The maximum absolute atomic E-state index is 13.7. The van der Waals surface area contributed by atoms with Crippen molar-refractivity contribution in [1.82, 2.24) is 0 Å². The molecule has 1 aromatic rings. The molecule has 0 aliphatic heterocycles. The van der Waals surface area contributed by atoms with Gasteiger partial charge >= 0.3 is 0 Å². The fourth-order valence-corrected chi connectivity index (χ4v) is 9.84. The average molecular weight is 526 g/mol. The van der Waals surface area contributed by atoms with Crippen molar-refractivity contribution in [3.05, 3.63) is 57.6 Å². The number of carbonyl (C=O) groups is 2. The fraction of sp³-hybridized carbons (Fsp3) is 0.538. The lowest BCUT2D eigenvalue weighted by Gasteiger charge is -2.56. The van der Waals surface area contributed by atoms with Crippen LogP contribution in [0.25, 0.3) is 0 Å². The van der Waals surface area contributed by atoms with Crippen LogP contribution in [0.3, 0.4) is 0 Å². The Morgan fingerprint density at radius 2 is 1.88 bits per heavy atom. The fourth-order valence-electron chi connectivity index (χ4n) is 7.24. The van der Waals surface area contributed by atoms with Crippen LogP contribution >= 0.6 is 34.8 Å². The van der Waals surface area contributed by atoms with Gasteiger partial charge in [0.05, 0.1) is 15.8 Å². The average Bonchev–Trinajstić information content (AvgIpc) is 3.02. The van der Waals surface area contributed by atoms with Gasteiger partial charge in [0.25, 0.3) is 0 Å². The summed E-state index contributed by atoms with van der Waals surface area (Å²) in [5.74, 6) is 0.721. The van der Waals surface area contributed by atoms with Crippen LogP contribution in [0.5, 0.6) is 0 Å². The third-order valence-corrected chi connectivity index (χ3v) is 12.8. The minimum atomic E-state index is -1.39. The number of halogens is 3. The van der Waals surface area contributed by atoms with Gasteiger partial charge in [0, 0.05) is 34.0 Å². The highest BCUT2D eigenvalue weighted by molar-refractivity contribution is 7.87. The van der Waals surface area contributed by atoms with Gasteiger partial charge in [-0.2, -0.15) is 0 Å². The molecule has 4 aliphatic rings. The quantitative estimate of drug-likeness (QED) is 0.414. The van der Waals surface area contributed by atoms with E-state index >= 15 is 0 Å². The van der Waals surface area contributed by atoms with Crippen molar-refractivity contribution in [2.75, 3.05) is 0 Å². The van der Waals surface area contributed by atoms with Crippen molar-refractivity contribution >= 4 is 57.2 Å². The summed E-state index contributed by atoms with van der Waals surface area (Å²) in [6.45, 7) is 4.18. The third-order valence-electron chi connectivity index (χ3n) is 8.92. The van der Waals surface area contributed by atoms with Crippen molar-refractivity contribution in [3.63, 3.8) is 0 Å².